The van der Waals surface area contributed by atoms with E-state index in [-0.39, 0.29) is 18.6 Å². The molecule has 1 aliphatic heterocycles. The number of halogens is 1. The second kappa shape index (κ2) is 7.79. The van der Waals surface area contributed by atoms with E-state index in [1.165, 1.54) is 16.7 Å². The Morgan fingerprint density at radius 3 is 2.04 bits per heavy atom. The molecule has 0 spiro atoms. The molecule has 1 fully saturated rings. The largest absolute Gasteiger partial charge is 1.00 e. The first-order valence-electron chi connectivity index (χ1n) is 8.59. The predicted octanol–water partition coefficient (Wildman–Crippen LogP) is 0.231. The standard InChI is InChI=1S/C21H22N4.ClH/c1-16-8-6-12-19(14-16)24-22-21(18-10-4-3-5-11-18)23-25(24)20-13-7-9-17(2)15-20;/h3-15,21-23H,1-2H3;1H. The zero-order valence-electron chi connectivity index (χ0n) is 14.9. The van der Waals surface area contributed by atoms with E-state index in [0.29, 0.717) is 0 Å². The Morgan fingerprint density at radius 2 is 1.38 bits per heavy atom. The van der Waals surface area contributed by atoms with Gasteiger partial charge in [-0.05, 0) is 49.2 Å². The molecule has 5 heteroatoms. The minimum atomic E-state index is 0. The van der Waals surface area contributed by atoms with Crippen molar-refractivity contribution in [1.29, 1.82) is 0 Å². The maximum absolute atomic E-state index is 3.62. The molecule has 0 saturated carbocycles. The first-order valence-corrected chi connectivity index (χ1v) is 8.59. The van der Waals surface area contributed by atoms with Gasteiger partial charge in [0.05, 0.1) is 5.69 Å². The van der Waals surface area contributed by atoms with Gasteiger partial charge in [0.25, 0.3) is 0 Å². The molecule has 0 bridgehead atoms. The van der Waals surface area contributed by atoms with Gasteiger partial charge in [-0.25, -0.2) is 5.43 Å². The topological polar surface area (TPSA) is 35.1 Å². The van der Waals surface area contributed by atoms with E-state index < -0.39 is 0 Å². The van der Waals surface area contributed by atoms with Crippen LogP contribution in [0.2, 0.25) is 0 Å². The summed E-state index contributed by atoms with van der Waals surface area (Å²) in [4.78, 5) is 0. The van der Waals surface area contributed by atoms with Gasteiger partial charge in [-0.3, -0.25) is 0 Å². The second-order valence-corrected chi connectivity index (χ2v) is 6.50. The number of nitrogens with two attached hydrogens (primary N) is 1. The number of nitrogens with zero attached hydrogens (tertiary/aromatic N) is 2. The molecular formula is C21H23ClN4. The third-order valence-electron chi connectivity index (χ3n) is 4.44. The fourth-order valence-corrected chi connectivity index (χ4v) is 3.19. The first kappa shape index (κ1) is 18.3. The van der Waals surface area contributed by atoms with Gasteiger partial charge >= 0.3 is 0 Å². The summed E-state index contributed by atoms with van der Waals surface area (Å²) in [5.74, 6) is 0. The third-order valence-corrected chi connectivity index (χ3v) is 4.44. The van der Waals surface area contributed by atoms with Gasteiger partial charge < -0.3 is 12.4 Å². The molecule has 1 saturated heterocycles. The lowest BCUT2D eigenvalue weighted by Crippen LogP contribution is -3.00. The van der Waals surface area contributed by atoms with E-state index >= 15 is 0 Å². The summed E-state index contributed by atoms with van der Waals surface area (Å²) < 4.78 is 0. The molecule has 26 heavy (non-hydrogen) atoms. The molecule has 4 rings (SSSR count). The molecule has 0 amide bonds. The van der Waals surface area contributed by atoms with Crippen molar-refractivity contribution in [3.63, 3.8) is 0 Å². The Bertz CT molecular complexity index is 815. The number of quaternary nitrogens is 1. The molecule has 3 aromatic carbocycles. The van der Waals surface area contributed by atoms with Gasteiger partial charge in [0, 0.05) is 5.56 Å². The van der Waals surface area contributed by atoms with Crippen LogP contribution in [0, 0.1) is 13.8 Å². The molecule has 1 unspecified atom stereocenters. The maximum Gasteiger partial charge on any atom is 0.208 e. The lowest BCUT2D eigenvalue weighted by Gasteiger charge is -2.25. The summed E-state index contributed by atoms with van der Waals surface area (Å²) in [6, 6.07) is 27.6. The quantitative estimate of drug-likeness (QED) is 0.651. The highest BCUT2D eigenvalue weighted by Gasteiger charge is 2.35. The monoisotopic (exact) mass is 366 g/mol. The average molecular weight is 367 g/mol. The average Bonchev–Trinajstić information content (AvgIpc) is 3.08. The number of anilines is 2. The molecule has 0 radical (unpaired) electrons. The summed E-state index contributed by atoms with van der Waals surface area (Å²) in [5.41, 5.74) is 11.9. The third kappa shape index (κ3) is 3.68. The van der Waals surface area contributed by atoms with Gasteiger partial charge in [-0.2, -0.15) is 10.5 Å². The van der Waals surface area contributed by atoms with Crippen molar-refractivity contribution >= 4 is 11.4 Å². The number of rotatable bonds is 3. The molecule has 134 valence electrons. The van der Waals surface area contributed by atoms with Crippen molar-refractivity contribution in [3.8, 4) is 0 Å². The molecule has 1 aliphatic rings. The van der Waals surface area contributed by atoms with Crippen molar-refractivity contribution in [2.75, 3.05) is 10.2 Å². The summed E-state index contributed by atoms with van der Waals surface area (Å²) in [7, 11) is 0. The minimum Gasteiger partial charge on any atom is -1.00 e. The van der Waals surface area contributed by atoms with E-state index in [0.717, 1.165) is 11.4 Å². The zero-order valence-corrected chi connectivity index (χ0v) is 15.7. The molecule has 0 aliphatic carbocycles. The van der Waals surface area contributed by atoms with Crippen molar-refractivity contribution < 1.29 is 17.8 Å². The summed E-state index contributed by atoms with van der Waals surface area (Å²) in [5, 5.41) is 4.32. The van der Waals surface area contributed by atoms with E-state index in [4.69, 9.17) is 0 Å². The Kier molecular flexibility index (Phi) is 5.47. The van der Waals surface area contributed by atoms with Crippen LogP contribution in [0.25, 0.3) is 0 Å². The van der Waals surface area contributed by atoms with Crippen LogP contribution in [-0.4, -0.2) is 0 Å². The highest BCUT2D eigenvalue weighted by atomic mass is 35.5. The predicted molar refractivity (Wildman–Crippen MR) is 102 cm³/mol. The van der Waals surface area contributed by atoms with Crippen LogP contribution >= 0.6 is 0 Å². The molecular weight excluding hydrogens is 344 g/mol. The fourth-order valence-electron chi connectivity index (χ4n) is 3.19. The van der Waals surface area contributed by atoms with E-state index in [9.17, 15) is 0 Å². The Hall–Kier alpha value is -2.53. The number of hydrogen-bond acceptors (Lipinski definition) is 3. The fraction of sp³-hybridized carbons (Fsp3) is 0.143. The van der Waals surface area contributed by atoms with Gasteiger partial charge in [0.2, 0.25) is 6.17 Å². The highest BCUT2D eigenvalue weighted by Crippen LogP contribution is 2.24. The zero-order chi connectivity index (χ0) is 17.2. The van der Waals surface area contributed by atoms with Crippen LogP contribution in [0.1, 0.15) is 22.9 Å². The Balaban J connectivity index is 0.00000196. The van der Waals surface area contributed by atoms with Gasteiger partial charge in [-0.15, -0.1) is 5.12 Å². The molecule has 4 nitrogen and oxygen atoms in total. The first-order chi connectivity index (χ1) is 12.2. The Morgan fingerprint density at radius 1 is 0.769 bits per heavy atom. The molecule has 3 N–H and O–H groups in total. The van der Waals surface area contributed by atoms with Crippen LogP contribution in [0.3, 0.4) is 0 Å². The van der Waals surface area contributed by atoms with Crippen molar-refractivity contribution in [2.24, 2.45) is 0 Å². The highest BCUT2D eigenvalue weighted by molar-refractivity contribution is 5.56. The van der Waals surface area contributed by atoms with Gasteiger partial charge in [-0.1, -0.05) is 54.6 Å². The number of nitrogens with one attached hydrogen (secondary N) is 1. The minimum absolute atomic E-state index is 0. The SMILES string of the molecule is Cc1cccc(N2NC(c3ccccc3)[NH2+]N2c2cccc(C)c2)c1.[Cl-]. The van der Waals surface area contributed by atoms with E-state index in [1.807, 2.05) is 0 Å². The van der Waals surface area contributed by atoms with Crippen LogP contribution in [0.4, 0.5) is 11.4 Å². The second-order valence-electron chi connectivity index (χ2n) is 6.50. The summed E-state index contributed by atoms with van der Waals surface area (Å²) >= 11 is 0. The summed E-state index contributed by atoms with van der Waals surface area (Å²) in [6.07, 6.45) is 0.127. The van der Waals surface area contributed by atoms with Crippen molar-refractivity contribution in [1.82, 2.24) is 5.43 Å². The van der Waals surface area contributed by atoms with Gasteiger partial charge in [0.1, 0.15) is 5.69 Å². The van der Waals surface area contributed by atoms with Crippen LogP contribution < -0.4 is 33.5 Å². The van der Waals surface area contributed by atoms with Crippen LogP contribution in [-0.2, 0) is 0 Å². The van der Waals surface area contributed by atoms with Crippen LogP contribution in [0.15, 0.2) is 78.9 Å². The Labute approximate surface area is 160 Å². The lowest BCUT2D eigenvalue weighted by atomic mass is 10.2. The molecule has 3 aromatic rings. The number of hydrazine groups is 2. The van der Waals surface area contributed by atoms with E-state index in [2.05, 4.69) is 114 Å². The summed E-state index contributed by atoms with van der Waals surface area (Å²) in [6.45, 7) is 4.24. The number of hydrogen-bond donors (Lipinski definition) is 2. The number of aryl methyl sites for hydroxylation is 2. The number of benzene rings is 3. The van der Waals surface area contributed by atoms with Gasteiger partial charge in [0.15, 0.2) is 0 Å². The molecule has 1 atom stereocenters. The maximum atomic E-state index is 3.62. The molecule has 0 aromatic heterocycles. The van der Waals surface area contributed by atoms with Crippen LogP contribution in [0.5, 0.6) is 0 Å². The normalized spacial score (nSPS) is 16.5. The smallest absolute Gasteiger partial charge is 0.208 e. The lowest BCUT2D eigenvalue weighted by molar-refractivity contribution is -0.691. The van der Waals surface area contributed by atoms with E-state index in [1.54, 1.807) is 0 Å². The molecule has 1 heterocycles. The van der Waals surface area contributed by atoms with Crippen molar-refractivity contribution in [3.05, 3.63) is 95.6 Å². The van der Waals surface area contributed by atoms with Crippen molar-refractivity contribution in [2.45, 2.75) is 20.0 Å².